The maximum atomic E-state index is 11.8. The van der Waals surface area contributed by atoms with Crippen molar-refractivity contribution in [3.63, 3.8) is 0 Å². The predicted molar refractivity (Wildman–Crippen MR) is 65.6 cm³/mol. The van der Waals surface area contributed by atoms with Gasteiger partial charge in [-0.05, 0) is 13.0 Å². The van der Waals surface area contributed by atoms with E-state index in [1.165, 1.54) is 0 Å². The number of carbonyl (C=O) groups excluding carboxylic acids is 1. The molecular formula is C12H23N3O2. The summed E-state index contributed by atoms with van der Waals surface area (Å²) in [5, 5.41) is 0. The second kappa shape index (κ2) is 5.80. The van der Waals surface area contributed by atoms with Gasteiger partial charge < -0.3 is 15.4 Å². The molecular weight excluding hydrogens is 218 g/mol. The first-order valence-corrected chi connectivity index (χ1v) is 6.56. The Kier molecular flexibility index (Phi) is 4.36. The number of piperidine rings is 1. The third-order valence-electron chi connectivity index (χ3n) is 3.63. The van der Waals surface area contributed by atoms with Gasteiger partial charge in [0.05, 0.1) is 12.7 Å². The fraction of sp³-hybridized carbons (Fsp3) is 0.917. The van der Waals surface area contributed by atoms with Crippen LogP contribution in [0.1, 0.15) is 19.8 Å². The topological polar surface area (TPSA) is 58.8 Å². The molecule has 0 aliphatic carbocycles. The number of ether oxygens (including phenoxy) is 1. The summed E-state index contributed by atoms with van der Waals surface area (Å²) in [6.07, 6.45) is 1.56. The summed E-state index contributed by atoms with van der Waals surface area (Å²) in [5.74, 6) is 0.226. The number of nitrogens with zero attached hydrogens (tertiary/aromatic N) is 2. The number of likely N-dealkylation sites (N-methyl/N-ethyl adjacent to an activating group) is 1. The Labute approximate surface area is 103 Å². The molecule has 0 radical (unpaired) electrons. The van der Waals surface area contributed by atoms with E-state index < -0.39 is 0 Å². The monoisotopic (exact) mass is 241 g/mol. The molecule has 2 atom stereocenters. The van der Waals surface area contributed by atoms with Crippen molar-refractivity contribution in [2.75, 3.05) is 39.3 Å². The molecule has 0 aromatic carbocycles. The number of nitrogens with two attached hydrogens (primary N) is 1. The Morgan fingerprint density at radius 1 is 1.47 bits per heavy atom. The van der Waals surface area contributed by atoms with Crippen LogP contribution in [0.4, 0.5) is 0 Å². The molecule has 0 aromatic rings. The van der Waals surface area contributed by atoms with Gasteiger partial charge in [-0.25, -0.2) is 0 Å². The molecule has 5 heteroatoms. The summed E-state index contributed by atoms with van der Waals surface area (Å²) < 4.78 is 5.72. The summed E-state index contributed by atoms with van der Waals surface area (Å²) in [7, 11) is 0. The number of hydrogen-bond acceptors (Lipinski definition) is 4. The van der Waals surface area contributed by atoms with E-state index in [2.05, 4.69) is 11.8 Å². The molecule has 0 aromatic heterocycles. The Morgan fingerprint density at radius 3 is 3.06 bits per heavy atom. The lowest BCUT2D eigenvalue weighted by Crippen LogP contribution is -2.53. The third-order valence-corrected chi connectivity index (χ3v) is 3.63. The van der Waals surface area contributed by atoms with Crippen molar-refractivity contribution in [2.45, 2.75) is 31.9 Å². The second-order valence-electron chi connectivity index (χ2n) is 4.98. The Balaban J connectivity index is 1.84. The SMILES string of the molecule is CCN1CCOC(CN2CC(N)CCC2=O)C1. The molecule has 2 saturated heterocycles. The lowest BCUT2D eigenvalue weighted by molar-refractivity contribution is -0.137. The van der Waals surface area contributed by atoms with E-state index in [9.17, 15) is 4.79 Å². The van der Waals surface area contributed by atoms with Crippen LogP contribution < -0.4 is 5.73 Å². The highest BCUT2D eigenvalue weighted by Crippen LogP contribution is 2.13. The smallest absolute Gasteiger partial charge is 0.222 e. The van der Waals surface area contributed by atoms with Crippen molar-refractivity contribution in [3.8, 4) is 0 Å². The van der Waals surface area contributed by atoms with Crippen molar-refractivity contribution < 1.29 is 9.53 Å². The highest BCUT2D eigenvalue weighted by atomic mass is 16.5. The molecule has 1 amide bonds. The van der Waals surface area contributed by atoms with E-state index in [0.29, 0.717) is 19.5 Å². The highest BCUT2D eigenvalue weighted by molar-refractivity contribution is 5.77. The van der Waals surface area contributed by atoms with Crippen molar-refractivity contribution in [2.24, 2.45) is 5.73 Å². The van der Waals surface area contributed by atoms with E-state index in [1.54, 1.807) is 0 Å². The van der Waals surface area contributed by atoms with Crippen LogP contribution in [0.2, 0.25) is 0 Å². The van der Waals surface area contributed by atoms with Crippen LogP contribution in [0.25, 0.3) is 0 Å². The normalized spacial score (nSPS) is 31.9. The van der Waals surface area contributed by atoms with Crippen LogP contribution in [0, 0.1) is 0 Å². The van der Waals surface area contributed by atoms with Crippen LogP contribution in [0.5, 0.6) is 0 Å². The standard InChI is InChI=1S/C12H23N3O2/c1-2-14-5-6-17-11(8-14)9-15-7-10(13)3-4-12(15)16/h10-11H,2-9,13H2,1H3. The zero-order valence-corrected chi connectivity index (χ0v) is 10.6. The van der Waals surface area contributed by atoms with Gasteiger partial charge in [0.2, 0.25) is 5.91 Å². The number of carbonyl (C=O) groups is 1. The number of amides is 1. The molecule has 2 rings (SSSR count). The molecule has 2 aliphatic heterocycles. The average Bonchev–Trinajstić information content (AvgIpc) is 2.34. The van der Waals surface area contributed by atoms with Crippen LogP contribution in [0.3, 0.4) is 0 Å². The minimum atomic E-state index is 0.138. The second-order valence-corrected chi connectivity index (χ2v) is 4.98. The fourth-order valence-electron chi connectivity index (χ4n) is 2.54. The van der Waals surface area contributed by atoms with Crippen molar-refractivity contribution >= 4 is 5.91 Å². The molecule has 5 nitrogen and oxygen atoms in total. The summed E-state index contributed by atoms with van der Waals surface area (Å²) in [6.45, 7) is 7.29. The Bertz CT molecular complexity index is 272. The van der Waals surface area contributed by atoms with Gasteiger partial charge in [0.15, 0.2) is 0 Å². The number of morpholine rings is 1. The minimum Gasteiger partial charge on any atom is -0.374 e. The van der Waals surface area contributed by atoms with Crippen molar-refractivity contribution in [1.82, 2.24) is 9.80 Å². The molecule has 98 valence electrons. The third kappa shape index (κ3) is 3.40. The van der Waals surface area contributed by atoms with Crippen LogP contribution in [-0.4, -0.2) is 67.2 Å². The number of likely N-dealkylation sites (tertiary alicyclic amines) is 1. The van der Waals surface area contributed by atoms with E-state index in [4.69, 9.17) is 10.5 Å². The molecule has 2 heterocycles. The molecule has 2 unspecified atom stereocenters. The Morgan fingerprint density at radius 2 is 2.29 bits per heavy atom. The lowest BCUT2D eigenvalue weighted by atomic mass is 10.1. The summed E-state index contributed by atoms with van der Waals surface area (Å²) in [4.78, 5) is 16.0. The van der Waals surface area contributed by atoms with Crippen LogP contribution in [-0.2, 0) is 9.53 Å². The summed E-state index contributed by atoms with van der Waals surface area (Å²) >= 11 is 0. The molecule has 2 aliphatic rings. The molecule has 0 spiro atoms. The molecule has 2 N–H and O–H groups in total. The predicted octanol–water partition coefficient (Wildman–Crippen LogP) is -0.343. The van der Waals surface area contributed by atoms with Crippen LogP contribution in [0.15, 0.2) is 0 Å². The van der Waals surface area contributed by atoms with Crippen molar-refractivity contribution in [3.05, 3.63) is 0 Å². The lowest BCUT2D eigenvalue weighted by Gasteiger charge is -2.37. The van der Waals surface area contributed by atoms with Gasteiger partial charge in [0.1, 0.15) is 0 Å². The Hall–Kier alpha value is -0.650. The molecule has 17 heavy (non-hydrogen) atoms. The van der Waals surface area contributed by atoms with E-state index in [0.717, 1.165) is 32.7 Å². The fourth-order valence-corrected chi connectivity index (χ4v) is 2.54. The molecule has 2 fully saturated rings. The van der Waals surface area contributed by atoms with Gasteiger partial charge >= 0.3 is 0 Å². The summed E-state index contributed by atoms with van der Waals surface area (Å²) in [5.41, 5.74) is 5.90. The zero-order valence-electron chi connectivity index (χ0n) is 10.6. The van der Waals surface area contributed by atoms with Gasteiger partial charge in [-0.2, -0.15) is 0 Å². The number of hydrogen-bond donors (Lipinski definition) is 1. The van der Waals surface area contributed by atoms with E-state index >= 15 is 0 Å². The summed E-state index contributed by atoms with van der Waals surface area (Å²) in [6, 6.07) is 0.138. The zero-order chi connectivity index (χ0) is 12.3. The van der Waals surface area contributed by atoms with E-state index in [-0.39, 0.29) is 18.1 Å². The first-order chi connectivity index (χ1) is 8.19. The molecule has 0 saturated carbocycles. The van der Waals surface area contributed by atoms with Gasteiger partial charge in [-0.15, -0.1) is 0 Å². The van der Waals surface area contributed by atoms with Gasteiger partial charge in [0, 0.05) is 38.6 Å². The average molecular weight is 241 g/mol. The van der Waals surface area contributed by atoms with Gasteiger partial charge in [-0.3, -0.25) is 9.69 Å². The first kappa shape index (κ1) is 12.8. The number of rotatable bonds is 3. The maximum Gasteiger partial charge on any atom is 0.222 e. The molecule has 0 bridgehead atoms. The quantitative estimate of drug-likeness (QED) is 0.734. The largest absolute Gasteiger partial charge is 0.374 e. The van der Waals surface area contributed by atoms with Crippen molar-refractivity contribution in [1.29, 1.82) is 0 Å². The van der Waals surface area contributed by atoms with Gasteiger partial charge in [0.25, 0.3) is 0 Å². The maximum absolute atomic E-state index is 11.8. The first-order valence-electron chi connectivity index (χ1n) is 6.56. The minimum absolute atomic E-state index is 0.138. The van der Waals surface area contributed by atoms with Crippen LogP contribution >= 0.6 is 0 Å². The van der Waals surface area contributed by atoms with Gasteiger partial charge in [-0.1, -0.05) is 6.92 Å². The highest BCUT2D eigenvalue weighted by Gasteiger charge is 2.28. The van der Waals surface area contributed by atoms with E-state index in [1.807, 2.05) is 4.90 Å².